The van der Waals surface area contributed by atoms with Gasteiger partial charge in [0.05, 0.1) is 38.8 Å². The van der Waals surface area contributed by atoms with E-state index in [0.29, 0.717) is 18.8 Å². The highest BCUT2D eigenvalue weighted by Crippen LogP contribution is 2.31. The molecule has 0 unspecified atom stereocenters. The molecule has 1 atom stereocenters. The number of benzene rings is 1. The molecule has 0 bridgehead atoms. The van der Waals surface area contributed by atoms with E-state index in [4.69, 9.17) is 14.2 Å². The second kappa shape index (κ2) is 10.8. The maximum absolute atomic E-state index is 13.2. The Morgan fingerprint density at radius 2 is 1.91 bits per heavy atom. The summed E-state index contributed by atoms with van der Waals surface area (Å²) in [6, 6.07) is 7.98. The quantitative estimate of drug-likeness (QED) is 0.536. The van der Waals surface area contributed by atoms with Gasteiger partial charge in [-0.1, -0.05) is 6.07 Å². The third-order valence-corrected chi connectivity index (χ3v) is 7.52. The summed E-state index contributed by atoms with van der Waals surface area (Å²) in [6.07, 6.45) is -0.450. The van der Waals surface area contributed by atoms with Crippen LogP contribution in [0.1, 0.15) is 11.3 Å². The molecule has 174 valence electrons. The number of methoxy groups -OCH3 is 2. The Morgan fingerprint density at radius 3 is 2.59 bits per heavy atom. The summed E-state index contributed by atoms with van der Waals surface area (Å²) in [6.45, 7) is 0.617. The molecule has 12 heteroatoms. The zero-order valence-corrected chi connectivity index (χ0v) is 19.3. The van der Waals surface area contributed by atoms with Crippen molar-refractivity contribution >= 4 is 33.2 Å². The van der Waals surface area contributed by atoms with Gasteiger partial charge in [-0.15, -0.1) is 11.3 Å². The van der Waals surface area contributed by atoms with Crippen molar-refractivity contribution in [2.45, 2.75) is 24.1 Å². The molecule has 1 aliphatic heterocycles. The van der Waals surface area contributed by atoms with Gasteiger partial charge in [0.2, 0.25) is 10.0 Å². The van der Waals surface area contributed by atoms with E-state index in [1.807, 2.05) is 17.5 Å². The van der Waals surface area contributed by atoms with E-state index < -0.39 is 28.1 Å². The van der Waals surface area contributed by atoms with Crippen LogP contribution in [-0.2, 0) is 30.9 Å². The van der Waals surface area contributed by atoms with E-state index in [9.17, 15) is 18.0 Å². The summed E-state index contributed by atoms with van der Waals surface area (Å²) < 4.78 is 43.6. The van der Waals surface area contributed by atoms with Crippen LogP contribution < -0.4 is 20.1 Å². The summed E-state index contributed by atoms with van der Waals surface area (Å²) >= 11 is 1.46. The van der Waals surface area contributed by atoms with Crippen LogP contribution in [0.5, 0.6) is 11.5 Å². The Hall–Kier alpha value is -2.67. The molecular formula is C20H25N3O7S2. The molecule has 0 aliphatic carbocycles. The minimum absolute atomic E-state index is 0.00525. The van der Waals surface area contributed by atoms with Crippen LogP contribution in [0.25, 0.3) is 0 Å². The number of rotatable bonds is 8. The third-order valence-electron chi connectivity index (χ3n) is 4.76. The van der Waals surface area contributed by atoms with Crippen LogP contribution in [0.4, 0.5) is 0 Å². The molecule has 2 heterocycles. The lowest BCUT2D eigenvalue weighted by atomic mass is 10.3. The number of hydrogen-bond acceptors (Lipinski definition) is 8. The van der Waals surface area contributed by atoms with Crippen LogP contribution in [-0.4, -0.2) is 64.7 Å². The molecule has 1 aromatic carbocycles. The molecule has 10 nitrogen and oxygen atoms in total. The van der Waals surface area contributed by atoms with Crippen LogP contribution in [0, 0.1) is 0 Å². The van der Waals surface area contributed by atoms with Gasteiger partial charge in [0.15, 0.2) is 11.5 Å². The second-order valence-electron chi connectivity index (χ2n) is 6.78. The first-order chi connectivity index (χ1) is 15.4. The van der Waals surface area contributed by atoms with Gasteiger partial charge in [-0.2, -0.15) is 4.31 Å². The lowest BCUT2D eigenvalue weighted by molar-refractivity contribution is -0.140. The van der Waals surface area contributed by atoms with Gasteiger partial charge in [0.1, 0.15) is 6.23 Å². The van der Waals surface area contributed by atoms with Crippen molar-refractivity contribution in [3.8, 4) is 11.5 Å². The standard InChI is InChI=1S/C20H25N3O7S2/c1-28-16-7-6-15(11-17(16)29-2)32(26,27)23-8-4-9-30-18(23)13-22-20(25)19(24)21-12-14-5-3-10-31-14/h3,5-7,10-11,18H,4,8-9,12-13H2,1-2H3,(H,21,24)(H,22,25)/t18-/m1/s1. The first-order valence-electron chi connectivity index (χ1n) is 9.80. The van der Waals surface area contributed by atoms with Crippen LogP contribution in [0.2, 0.25) is 0 Å². The first kappa shape index (κ1) is 24.0. The average Bonchev–Trinajstić information content (AvgIpc) is 3.34. The van der Waals surface area contributed by atoms with Crippen LogP contribution >= 0.6 is 11.3 Å². The van der Waals surface area contributed by atoms with Crippen molar-refractivity contribution in [2.75, 3.05) is 33.9 Å². The molecule has 0 saturated carbocycles. The van der Waals surface area contributed by atoms with Gasteiger partial charge < -0.3 is 24.8 Å². The number of ether oxygens (including phenoxy) is 3. The molecule has 2 amide bonds. The van der Waals surface area contributed by atoms with Gasteiger partial charge in [0, 0.05) is 17.5 Å². The topological polar surface area (TPSA) is 123 Å². The minimum atomic E-state index is -3.95. The Labute approximate surface area is 190 Å². The highest BCUT2D eigenvalue weighted by Gasteiger charge is 2.35. The first-order valence-corrected chi connectivity index (χ1v) is 12.1. The molecule has 1 saturated heterocycles. The molecule has 2 aromatic rings. The van der Waals surface area contributed by atoms with E-state index in [1.54, 1.807) is 0 Å². The zero-order valence-electron chi connectivity index (χ0n) is 17.7. The SMILES string of the molecule is COc1ccc(S(=O)(=O)N2CCCO[C@@H]2CNC(=O)C(=O)NCc2cccs2)cc1OC. The number of carbonyl (C=O) groups excluding carboxylic acids is 2. The van der Waals surface area contributed by atoms with Crippen molar-refractivity contribution in [3.05, 3.63) is 40.6 Å². The number of amides is 2. The van der Waals surface area contributed by atoms with E-state index >= 15 is 0 Å². The summed E-state index contributed by atoms with van der Waals surface area (Å²) in [4.78, 5) is 25.1. The zero-order chi connectivity index (χ0) is 23.1. The van der Waals surface area contributed by atoms with E-state index in [2.05, 4.69) is 10.6 Å². The van der Waals surface area contributed by atoms with Crippen molar-refractivity contribution in [2.24, 2.45) is 0 Å². The second-order valence-corrected chi connectivity index (χ2v) is 9.71. The Morgan fingerprint density at radius 1 is 1.16 bits per heavy atom. The molecule has 0 radical (unpaired) electrons. The number of carbonyl (C=O) groups is 2. The number of nitrogens with one attached hydrogen (secondary N) is 2. The van der Waals surface area contributed by atoms with Crippen LogP contribution in [0.15, 0.2) is 40.6 Å². The number of thiophene rings is 1. The molecule has 3 rings (SSSR count). The van der Waals surface area contributed by atoms with Crippen molar-refractivity contribution < 1.29 is 32.2 Å². The lowest BCUT2D eigenvalue weighted by Gasteiger charge is -2.34. The summed E-state index contributed by atoms with van der Waals surface area (Å²) in [7, 11) is -1.08. The number of nitrogens with zero attached hydrogens (tertiary/aromatic N) is 1. The van der Waals surface area contributed by atoms with E-state index in [-0.39, 0.29) is 30.3 Å². The monoisotopic (exact) mass is 483 g/mol. The van der Waals surface area contributed by atoms with Crippen molar-refractivity contribution in [3.63, 3.8) is 0 Å². The highest BCUT2D eigenvalue weighted by molar-refractivity contribution is 7.89. The predicted molar refractivity (Wildman–Crippen MR) is 117 cm³/mol. The van der Waals surface area contributed by atoms with Gasteiger partial charge in [0.25, 0.3) is 0 Å². The maximum Gasteiger partial charge on any atom is 0.309 e. The van der Waals surface area contributed by atoms with Crippen molar-refractivity contribution in [1.29, 1.82) is 0 Å². The summed E-state index contributed by atoms with van der Waals surface area (Å²) in [5.41, 5.74) is 0. The fraction of sp³-hybridized carbons (Fsp3) is 0.400. The Kier molecular flexibility index (Phi) is 8.07. The van der Waals surface area contributed by atoms with Crippen molar-refractivity contribution in [1.82, 2.24) is 14.9 Å². The molecule has 1 aliphatic rings. The van der Waals surface area contributed by atoms with Gasteiger partial charge >= 0.3 is 11.8 Å². The van der Waals surface area contributed by atoms with Gasteiger partial charge in [-0.05, 0) is 30.0 Å². The number of sulfonamides is 1. The van der Waals surface area contributed by atoms with Crippen LogP contribution in [0.3, 0.4) is 0 Å². The molecule has 2 N–H and O–H groups in total. The summed E-state index contributed by atoms with van der Waals surface area (Å²) in [5, 5.41) is 6.85. The molecular weight excluding hydrogens is 458 g/mol. The largest absolute Gasteiger partial charge is 0.493 e. The predicted octanol–water partition coefficient (Wildman–Crippen LogP) is 0.935. The van der Waals surface area contributed by atoms with Gasteiger partial charge in [-0.3, -0.25) is 9.59 Å². The molecule has 1 fully saturated rings. The third kappa shape index (κ3) is 5.57. The molecule has 1 aromatic heterocycles. The fourth-order valence-electron chi connectivity index (χ4n) is 3.14. The number of hydrogen-bond donors (Lipinski definition) is 2. The Balaban J connectivity index is 1.66. The Bertz CT molecular complexity index is 1040. The molecule has 32 heavy (non-hydrogen) atoms. The summed E-state index contributed by atoms with van der Waals surface area (Å²) in [5.74, 6) is -0.986. The average molecular weight is 484 g/mol. The van der Waals surface area contributed by atoms with E-state index in [0.717, 1.165) is 4.88 Å². The smallest absolute Gasteiger partial charge is 0.309 e. The minimum Gasteiger partial charge on any atom is -0.493 e. The fourth-order valence-corrected chi connectivity index (χ4v) is 5.36. The normalized spacial score (nSPS) is 16.9. The maximum atomic E-state index is 13.2. The lowest BCUT2D eigenvalue weighted by Crippen LogP contribution is -2.53. The van der Waals surface area contributed by atoms with E-state index in [1.165, 1.54) is 48.1 Å². The van der Waals surface area contributed by atoms with Gasteiger partial charge in [-0.25, -0.2) is 8.42 Å². The molecule has 0 spiro atoms. The highest BCUT2D eigenvalue weighted by atomic mass is 32.2.